The lowest BCUT2D eigenvalue weighted by atomic mass is 10.0. The van der Waals surface area contributed by atoms with Crippen LogP contribution in [0.15, 0.2) is 24.3 Å². The predicted molar refractivity (Wildman–Crippen MR) is 78.2 cm³/mol. The van der Waals surface area contributed by atoms with Crippen LogP contribution in [0.3, 0.4) is 0 Å². The van der Waals surface area contributed by atoms with Gasteiger partial charge in [0.1, 0.15) is 0 Å². The molecule has 2 unspecified atom stereocenters. The Hall–Kier alpha value is -1.59. The molecule has 5 nitrogen and oxygen atoms in total. The Morgan fingerprint density at radius 2 is 2.05 bits per heavy atom. The lowest BCUT2D eigenvalue weighted by Crippen LogP contribution is -2.36. The number of carbonyl (C=O) groups excluding carboxylic acids is 1. The summed E-state index contributed by atoms with van der Waals surface area (Å²) in [5, 5.41) is 12.3. The molecule has 1 aliphatic rings. The Balaban J connectivity index is 1.97. The van der Waals surface area contributed by atoms with Gasteiger partial charge >= 0.3 is 5.97 Å². The number of carbonyl (C=O) groups is 2. The molecule has 6 heteroatoms. The van der Waals surface area contributed by atoms with E-state index in [1.807, 2.05) is 0 Å². The fourth-order valence-electron chi connectivity index (χ4n) is 2.34. The first kappa shape index (κ1) is 15.8. The number of hydrogen-bond acceptors (Lipinski definition) is 3. The smallest absolute Gasteiger partial charge is 0.330 e. The molecule has 0 bridgehead atoms. The maximum Gasteiger partial charge on any atom is 0.330 e. The van der Waals surface area contributed by atoms with Crippen molar-refractivity contribution in [3.63, 3.8) is 0 Å². The van der Waals surface area contributed by atoms with E-state index in [4.69, 9.17) is 16.3 Å². The fourth-order valence-corrected chi connectivity index (χ4v) is 2.46. The van der Waals surface area contributed by atoms with Crippen LogP contribution in [0, 0.1) is 0 Å². The molecule has 0 spiro atoms. The molecule has 21 heavy (non-hydrogen) atoms. The second-order valence-electron chi connectivity index (χ2n) is 5.08. The number of amides is 1. The maximum absolute atomic E-state index is 12.0. The molecule has 1 aromatic rings. The first-order valence-corrected chi connectivity index (χ1v) is 7.33. The van der Waals surface area contributed by atoms with Crippen molar-refractivity contribution < 1.29 is 19.4 Å². The van der Waals surface area contributed by atoms with Gasteiger partial charge in [-0.3, -0.25) is 4.79 Å². The number of nitrogens with one attached hydrogen (secondary N) is 1. The predicted octanol–water partition coefficient (Wildman–Crippen LogP) is 2.54. The maximum atomic E-state index is 12.0. The molecule has 1 fully saturated rings. The molecule has 2 atom stereocenters. The molecular weight excluding hydrogens is 294 g/mol. The Labute approximate surface area is 128 Å². The van der Waals surface area contributed by atoms with Gasteiger partial charge in [-0.05, 0) is 37.0 Å². The Morgan fingerprint density at radius 3 is 2.62 bits per heavy atom. The SMILES string of the molecule is O=C(CC1CCCCO1)NC(C(=O)O)c1ccc(Cl)cc1. The highest BCUT2D eigenvalue weighted by Crippen LogP contribution is 2.19. The van der Waals surface area contributed by atoms with Gasteiger partial charge in [-0.25, -0.2) is 4.79 Å². The third kappa shape index (κ3) is 4.72. The Kier molecular flexibility index (Phi) is 5.59. The summed E-state index contributed by atoms with van der Waals surface area (Å²) in [5.74, 6) is -1.42. The molecule has 1 aliphatic heterocycles. The van der Waals surface area contributed by atoms with E-state index in [9.17, 15) is 14.7 Å². The first-order chi connectivity index (χ1) is 10.1. The van der Waals surface area contributed by atoms with Crippen molar-refractivity contribution in [2.75, 3.05) is 6.61 Å². The van der Waals surface area contributed by atoms with Crippen molar-refractivity contribution in [2.24, 2.45) is 0 Å². The zero-order valence-corrected chi connectivity index (χ0v) is 12.3. The summed E-state index contributed by atoms with van der Waals surface area (Å²) in [7, 11) is 0. The number of halogens is 1. The van der Waals surface area contributed by atoms with Crippen LogP contribution in [-0.2, 0) is 14.3 Å². The molecule has 114 valence electrons. The normalized spacial score (nSPS) is 19.8. The van der Waals surface area contributed by atoms with Crippen molar-refractivity contribution in [3.8, 4) is 0 Å². The molecule has 1 saturated heterocycles. The standard InChI is InChI=1S/C15H18ClNO4/c16-11-6-4-10(5-7-11)14(15(19)20)17-13(18)9-12-3-1-2-8-21-12/h4-7,12,14H,1-3,8-9H2,(H,17,18)(H,19,20). The quantitative estimate of drug-likeness (QED) is 0.876. The van der Waals surface area contributed by atoms with Gasteiger partial charge in [-0.2, -0.15) is 0 Å². The minimum absolute atomic E-state index is 0.113. The van der Waals surface area contributed by atoms with Crippen molar-refractivity contribution in [1.29, 1.82) is 0 Å². The van der Waals surface area contributed by atoms with Gasteiger partial charge in [0, 0.05) is 11.6 Å². The zero-order valence-electron chi connectivity index (χ0n) is 11.5. The minimum Gasteiger partial charge on any atom is -0.479 e. The van der Waals surface area contributed by atoms with Crippen LogP contribution in [0.4, 0.5) is 0 Å². The van der Waals surface area contributed by atoms with Crippen LogP contribution in [0.25, 0.3) is 0 Å². The molecule has 0 saturated carbocycles. The largest absolute Gasteiger partial charge is 0.479 e. The van der Waals surface area contributed by atoms with Crippen molar-refractivity contribution in [2.45, 2.75) is 37.8 Å². The highest BCUT2D eigenvalue weighted by Gasteiger charge is 2.24. The average Bonchev–Trinajstić information content (AvgIpc) is 2.47. The average molecular weight is 312 g/mol. The van der Waals surface area contributed by atoms with Crippen LogP contribution >= 0.6 is 11.6 Å². The molecule has 2 N–H and O–H groups in total. The monoisotopic (exact) mass is 311 g/mol. The van der Waals surface area contributed by atoms with Gasteiger partial charge in [-0.15, -0.1) is 0 Å². The molecule has 2 rings (SSSR count). The van der Waals surface area contributed by atoms with Crippen molar-refractivity contribution in [3.05, 3.63) is 34.9 Å². The molecular formula is C15H18ClNO4. The summed E-state index contributed by atoms with van der Waals surface area (Å²) < 4.78 is 5.49. The number of carboxylic acid groups (broad SMARTS) is 1. The van der Waals surface area contributed by atoms with Gasteiger partial charge in [0.2, 0.25) is 5.91 Å². The highest BCUT2D eigenvalue weighted by molar-refractivity contribution is 6.30. The van der Waals surface area contributed by atoms with E-state index >= 15 is 0 Å². The Bertz CT molecular complexity index is 497. The number of ether oxygens (including phenoxy) is 1. The van der Waals surface area contributed by atoms with E-state index in [2.05, 4.69) is 5.32 Å². The summed E-state index contributed by atoms with van der Waals surface area (Å²) in [6.07, 6.45) is 2.97. The van der Waals surface area contributed by atoms with E-state index in [1.54, 1.807) is 24.3 Å². The van der Waals surface area contributed by atoms with Gasteiger partial charge in [0.15, 0.2) is 6.04 Å². The van der Waals surface area contributed by atoms with E-state index in [0.29, 0.717) is 17.2 Å². The van der Waals surface area contributed by atoms with Crippen LogP contribution < -0.4 is 5.32 Å². The van der Waals surface area contributed by atoms with E-state index in [0.717, 1.165) is 19.3 Å². The lowest BCUT2D eigenvalue weighted by Gasteiger charge is -2.23. The van der Waals surface area contributed by atoms with E-state index < -0.39 is 12.0 Å². The number of hydrogen-bond donors (Lipinski definition) is 2. The third-order valence-corrected chi connectivity index (χ3v) is 3.69. The summed E-state index contributed by atoms with van der Waals surface area (Å²) in [6, 6.07) is 5.32. The lowest BCUT2D eigenvalue weighted by molar-refractivity contribution is -0.142. The summed E-state index contributed by atoms with van der Waals surface area (Å²) in [5.41, 5.74) is 0.491. The molecule has 0 aliphatic carbocycles. The van der Waals surface area contributed by atoms with Crippen LogP contribution in [-0.4, -0.2) is 29.7 Å². The highest BCUT2D eigenvalue weighted by atomic mass is 35.5. The molecule has 0 radical (unpaired) electrons. The fraction of sp³-hybridized carbons (Fsp3) is 0.467. The number of aliphatic carboxylic acids is 1. The van der Waals surface area contributed by atoms with Gasteiger partial charge in [0.25, 0.3) is 0 Å². The van der Waals surface area contributed by atoms with Crippen molar-refractivity contribution >= 4 is 23.5 Å². The van der Waals surface area contributed by atoms with E-state index in [-0.39, 0.29) is 18.4 Å². The minimum atomic E-state index is -1.10. The zero-order chi connectivity index (χ0) is 15.2. The van der Waals surface area contributed by atoms with Crippen LogP contribution in [0.2, 0.25) is 5.02 Å². The third-order valence-electron chi connectivity index (χ3n) is 3.44. The second kappa shape index (κ2) is 7.43. The van der Waals surface area contributed by atoms with Gasteiger partial charge in [0.05, 0.1) is 12.5 Å². The first-order valence-electron chi connectivity index (χ1n) is 6.95. The van der Waals surface area contributed by atoms with Crippen LogP contribution in [0.5, 0.6) is 0 Å². The summed E-state index contributed by atoms with van der Waals surface area (Å²) in [6.45, 7) is 0.664. The number of rotatable bonds is 5. The molecule has 1 amide bonds. The molecule has 0 aromatic heterocycles. The summed E-state index contributed by atoms with van der Waals surface area (Å²) in [4.78, 5) is 23.3. The van der Waals surface area contributed by atoms with Crippen molar-refractivity contribution in [1.82, 2.24) is 5.32 Å². The second-order valence-corrected chi connectivity index (χ2v) is 5.52. The molecule has 1 heterocycles. The van der Waals surface area contributed by atoms with Crippen LogP contribution in [0.1, 0.15) is 37.3 Å². The molecule has 1 aromatic carbocycles. The number of benzene rings is 1. The van der Waals surface area contributed by atoms with E-state index in [1.165, 1.54) is 0 Å². The number of carboxylic acids is 1. The van der Waals surface area contributed by atoms with Gasteiger partial charge in [-0.1, -0.05) is 23.7 Å². The summed E-state index contributed by atoms with van der Waals surface area (Å²) >= 11 is 5.78. The topological polar surface area (TPSA) is 75.6 Å². The van der Waals surface area contributed by atoms with Gasteiger partial charge < -0.3 is 15.2 Å². The Morgan fingerprint density at radius 1 is 1.33 bits per heavy atom.